The Labute approximate surface area is 195 Å². The van der Waals surface area contributed by atoms with Crippen LogP contribution in [0, 0.1) is 24.0 Å². The SMILES string of the molecule is Cc1ccc(C(=O)NNC(=O)c2oc3c(c2C)/C(=N/Nc2ccc([N+](=O)[O-])cc2)CCC3)cc1. The van der Waals surface area contributed by atoms with Crippen molar-refractivity contribution in [3.63, 3.8) is 0 Å². The van der Waals surface area contributed by atoms with Gasteiger partial charge in [0.15, 0.2) is 5.76 Å². The molecule has 1 aromatic heterocycles. The monoisotopic (exact) mass is 461 g/mol. The van der Waals surface area contributed by atoms with E-state index in [1.54, 1.807) is 31.2 Å². The quantitative estimate of drug-likeness (QED) is 0.387. The van der Waals surface area contributed by atoms with Crippen molar-refractivity contribution in [3.05, 3.63) is 92.4 Å². The fraction of sp³-hybridized carbons (Fsp3) is 0.208. The van der Waals surface area contributed by atoms with E-state index in [-0.39, 0.29) is 11.4 Å². The van der Waals surface area contributed by atoms with Crippen molar-refractivity contribution in [1.82, 2.24) is 10.9 Å². The fourth-order valence-corrected chi connectivity index (χ4v) is 3.73. The number of fused-ring (bicyclic) bond motifs is 1. The maximum Gasteiger partial charge on any atom is 0.305 e. The molecule has 0 bridgehead atoms. The van der Waals surface area contributed by atoms with Crippen LogP contribution >= 0.6 is 0 Å². The van der Waals surface area contributed by atoms with Crippen molar-refractivity contribution in [2.24, 2.45) is 5.10 Å². The fourth-order valence-electron chi connectivity index (χ4n) is 3.73. The van der Waals surface area contributed by atoms with E-state index in [9.17, 15) is 19.7 Å². The highest BCUT2D eigenvalue weighted by atomic mass is 16.6. The number of anilines is 1. The molecule has 0 saturated carbocycles. The number of amides is 2. The molecule has 0 atom stereocenters. The van der Waals surface area contributed by atoms with E-state index in [2.05, 4.69) is 21.4 Å². The summed E-state index contributed by atoms with van der Waals surface area (Å²) in [5.41, 5.74) is 11.9. The van der Waals surface area contributed by atoms with Crippen LogP contribution in [0.5, 0.6) is 0 Å². The normalized spacial score (nSPS) is 13.8. The number of furan rings is 1. The van der Waals surface area contributed by atoms with Crippen molar-refractivity contribution in [2.45, 2.75) is 33.1 Å². The average Bonchev–Trinajstić information content (AvgIpc) is 3.18. The van der Waals surface area contributed by atoms with Crippen LogP contribution in [0.1, 0.15) is 56.2 Å². The Hall–Kier alpha value is -4.47. The van der Waals surface area contributed by atoms with Crippen LogP contribution in [0.25, 0.3) is 0 Å². The van der Waals surface area contributed by atoms with Gasteiger partial charge in [0, 0.05) is 35.2 Å². The molecular formula is C24H23N5O5. The molecule has 0 aliphatic heterocycles. The zero-order valence-corrected chi connectivity index (χ0v) is 18.7. The molecule has 34 heavy (non-hydrogen) atoms. The number of nitrogens with one attached hydrogen (secondary N) is 3. The lowest BCUT2D eigenvalue weighted by Crippen LogP contribution is -2.41. The van der Waals surface area contributed by atoms with Crippen LogP contribution < -0.4 is 16.3 Å². The van der Waals surface area contributed by atoms with Gasteiger partial charge >= 0.3 is 5.91 Å². The van der Waals surface area contributed by atoms with Crippen molar-refractivity contribution in [2.75, 3.05) is 5.43 Å². The number of hydrazone groups is 1. The summed E-state index contributed by atoms with van der Waals surface area (Å²) >= 11 is 0. The molecule has 10 heteroatoms. The average molecular weight is 461 g/mol. The summed E-state index contributed by atoms with van der Waals surface area (Å²) in [6, 6.07) is 12.9. The van der Waals surface area contributed by atoms with Gasteiger partial charge in [0.25, 0.3) is 11.6 Å². The Morgan fingerprint density at radius 2 is 1.65 bits per heavy atom. The van der Waals surface area contributed by atoms with E-state index in [1.807, 2.05) is 19.1 Å². The molecule has 0 radical (unpaired) electrons. The zero-order valence-electron chi connectivity index (χ0n) is 18.7. The van der Waals surface area contributed by atoms with Gasteiger partial charge in [0.1, 0.15) is 5.76 Å². The van der Waals surface area contributed by atoms with Crippen LogP contribution in [0.4, 0.5) is 11.4 Å². The van der Waals surface area contributed by atoms with Crippen LogP contribution in [0.2, 0.25) is 0 Å². The zero-order chi connectivity index (χ0) is 24.2. The number of hydrogen-bond acceptors (Lipinski definition) is 7. The van der Waals surface area contributed by atoms with Gasteiger partial charge in [-0.25, -0.2) is 0 Å². The van der Waals surface area contributed by atoms with Gasteiger partial charge in [-0.1, -0.05) is 17.7 Å². The first-order valence-corrected chi connectivity index (χ1v) is 10.7. The maximum absolute atomic E-state index is 12.7. The Kier molecular flexibility index (Phi) is 6.39. The summed E-state index contributed by atoms with van der Waals surface area (Å²) in [4.78, 5) is 35.3. The molecule has 3 N–H and O–H groups in total. The topological polar surface area (TPSA) is 139 Å². The molecule has 0 saturated heterocycles. The Bertz CT molecular complexity index is 1280. The van der Waals surface area contributed by atoms with E-state index in [4.69, 9.17) is 4.42 Å². The van der Waals surface area contributed by atoms with Crippen molar-refractivity contribution < 1.29 is 18.9 Å². The molecule has 10 nitrogen and oxygen atoms in total. The Morgan fingerprint density at radius 3 is 2.32 bits per heavy atom. The third kappa shape index (κ3) is 4.80. The third-order valence-electron chi connectivity index (χ3n) is 5.53. The van der Waals surface area contributed by atoms with Gasteiger partial charge in [-0.2, -0.15) is 5.10 Å². The molecule has 0 unspecified atom stereocenters. The predicted molar refractivity (Wildman–Crippen MR) is 126 cm³/mol. The molecule has 0 spiro atoms. The standard InChI is InChI=1S/C24H23N5O5/c1-14-6-8-16(9-7-14)23(30)27-28-24(31)22-15(2)21-19(4-3-5-20(21)34-22)26-25-17-10-12-18(13-11-17)29(32)33/h6-13,25H,3-5H2,1-2H3,(H,27,30)(H,28,31)/b26-19+. The highest BCUT2D eigenvalue weighted by Crippen LogP contribution is 2.30. The molecular weight excluding hydrogens is 438 g/mol. The molecule has 1 aliphatic rings. The predicted octanol–water partition coefficient (Wildman–Crippen LogP) is 4.03. The van der Waals surface area contributed by atoms with Crippen molar-refractivity contribution >= 4 is 28.9 Å². The number of nitrogens with zero attached hydrogens (tertiary/aromatic N) is 2. The summed E-state index contributed by atoms with van der Waals surface area (Å²) in [5, 5.41) is 15.3. The van der Waals surface area contributed by atoms with Gasteiger partial charge in [0.05, 0.1) is 16.3 Å². The summed E-state index contributed by atoms with van der Waals surface area (Å²) in [6.45, 7) is 3.69. The Balaban J connectivity index is 1.47. The summed E-state index contributed by atoms with van der Waals surface area (Å²) in [6.07, 6.45) is 2.14. The number of carbonyl (C=O) groups excluding carboxylic acids is 2. The minimum atomic E-state index is -0.560. The van der Waals surface area contributed by atoms with Crippen LogP contribution in [-0.2, 0) is 6.42 Å². The molecule has 0 fully saturated rings. The highest BCUT2D eigenvalue weighted by Gasteiger charge is 2.28. The molecule has 4 rings (SSSR count). The van der Waals surface area contributed by atoms with Gasteiger partial charge in [-0.15, -0.1) is 0 Å². The van der Waals surface area contributed by atoms with Gasteiger partial charge in [0.2, 0.25) is 0 Å². The second kappa shape index (κ2) is 9.57. The minimum Gasteiger partial charge on any atom is -0.455 e. The number of benzene rings is 2. The number of nitro benzene ring substituents is 1. The van der Waals surface area contributed by atoms with Gasteiger partial charge in [-0.3, -0.25) is 36.0 Å². The number of hydrogen-bond donors (Lipinski definition) is 3. The highest BCUT2D eigenvalue weighted by molar-refractivity contribution is 6.07. The maximum atomic E-state index is 12.7. The van der Waals surface area contributed by atoms with Crippen LogP contribution in [0.3, 0.4) is 0 Å². The molecule has 2 aromatic carbocycles. The first-order chi connectivity index (χ1) is 16.3. The molecule has 1 heterocycles. The molecule has 2 amide bonds. The van der Waals surface area contributed by atoms with E-state index < -0.39 is 16.7 Å². The lowest BCUT2D eigenvalue weighted by atomic mass is 9.93. The second-order valence-electron chi connectivity index (χ2n) is 7.96. The van der Waals surface area contributed by atoms with Crippen molar-refractivity contribution in [1.29, 1.82) is 0 Å². The number of carbonyl (C=O) groups is 2. The van der Waals surface area contributed by atoms with Gasteiger partial charge < -0.3 is 4.42 Å². The largest absolute Gasteiger partial charge is 0.455 e. The summed E-state index contributed by atoms with van der Waals surface area (Å²) in [5.74, 6) is -0.228. The third-order valence-corrected chi connectivity index (χ3v) is 5.53. The molecule has 3 aromatic rings. The molecule has 174 valence electrons. The number of hydrazine groups is 1. The number of aryl methyl sites for hydroxylation is 2. The lowest BCUT2D eigenvalue weighted by molar-refractivity contribution is -0.384. The number of nitro groups is 1. The van der Waals surface area contributed by atoms with Gasteiger partial charge in [-0.05, 0) is 51.0 Å². The van der Waals surface area contributed by atoms with Crippen LogP contribution in [-0.4, -0.2) is 22.4 Å². The first kappa shape index (κ1) is 22.7. The number of rotatable bonds is 5. The smallest absolute Gasteiger partial charge is 0.305 e. The van der Waals surface area contributed by atoms with E-state index >= 15 is 0 Å². The number of non-ortho nitro benzene ring substituents is 1. The molecule has 1 aliphatic carbocycles. The first-order valence-electron chi connectivity index (χ1n) is 10.7. The lowest BCUT2D eigenvalue weighted by Gasteiger charge is -2.13. The van der Waals surface area contributed by atoms with Crippen LogP contribution in [0.15, 0.2) is 58.0 Å². The van der Waals surface area contributed by atoms with E-state index in [1.165, 1.54) is 12.1 Å². The van der Waals surface area contributed by atoms with Crippen molar-refractivity contribution in [3.8, 4) is 0 Å². The minimum absolute atomic E-state index is 0.00559. The second-order valence-corrected chi connectivity index (χ2v) is 7.96. The van der Waals surface area contributed by atoms with E-state index in [0.717, 1.165) is 23.3 Å². The van der Waals surface area contributed by atoms with E-state index in [0.29, 0.717) is 35.4 Å². The Morgan fingerprint density at radius 1 is 0.971 bits per heavy atom. The summed E-state index contributed by atoms with van der Waals surface area (Å²) < 4.78 is 5.83. The summed E-state index contributed by atoms with van der Waals surface area (Å²) in [7, 11) is 0.